The van der Waals surface area contributed by atoms with E-state index in [2.05, 4.69) is 53.4 Å². The van der Waals surface area contributed by atoms with Crippen molar-refractivity contribution >= 4 is 6.09 Å². The minimum atomic E-state index is -0.434. The number of aromatic nitrogens is 1. The van der Waals surface area contributed by atoms with Crippen LogP contribution >= 0.6 is 0 Å². The summed E-state index contributed by atoms with van der Waals surface area (Å²) in [6.45, 7) is 8.17. The number of nitrogens with zero attached hydrogens (tertiary/aromatic N) is 2. The largest absolute Gasteiger partial charge is 0.490 e. The van der Waals surface area contributed by atoms with E-state index in [1.54, 1.807) is 0 Å². The molecule has 1 saturated carbocycles. The summed E-state index contributed by atoms with van der Waals surface area (Å²) < 4.78 is 13.9. The predicted octanol–water partition coefficient (Wildman–Crippen LogP) is 4.58. The van der Waals surface area contributed by atoms with Crippen LogP contribution in [0.15, 0.2) is 54.9 Å². The molecule has 2 aromatic rings. The van der Waals surface area contributed by atoms with E-state index in [-0.39, 0.29) is 12.2 Å². The summed E-state index contributed by atoms with van der Waals surface area (Å²) in [5.41, 5.74) is 1.19. The Morgan fingerprint density at radius 1 is 1.07 bits per heavy atom. The molecule has 1 aliphatic carbocycles. The van der Waals surface area contributed by atoms with E-state index in [4.69, 9.17) is 9.47 Å². The molecule has 1 aromatic carbocycles. The van der Waals surface area contributed by atoms with Crippen molar-refractivity contribution in [2.24, 2.45) is 5.41 Å². The first-order valence-electron chi connectivity index (χ1n) is 11.0. The molecule has 1 aliphatic heterocycles. The van der Waals surface area contributed by atoms with Gasteiger partial charge in [0.1, 0.15) is 11.4 Å². The van der Waals surface area contributed by atoms with Crippen LogP contribution in [0.4, 0.5) is 4.79 Å². The van der Waals surface area contributed by atoms with E-state index in [0.717, 1.165) is 51.1 Å². The molecule has 160 valence electrons. The van der Waals surface area contributed by atoms with Gasteiger partial charge in [-0.25, -0.2) is 9.36 Å². The zero-order chi connectivity index (χ0) is 21.2. The number of rotatable bonds is 4. The molecule has 30 heavy (non-hydrogen) atoms. The Kier molecular flexibility index (Phi) is 5.72. The van der Waals surface area contributed by atoms with Crippen molar-refractivity contribution in [1.29, 1.82) is 0 Å². The summed E-state index contributed by atoms with van der Waals surface area (Å²) in [4.78, 5) is 14.1. The number of hydrogen-bond acceptors (Lipinski definition) is 3. The summed E-state index contributed by atoms with van der Waals surface area (Å²) >= 11 is 0. The van der Waals surface area contributed by atoms with Crippen molar-refractivity contribution in [2.75, 3.05) is 13.1 Å². The summed E-state index contributed by atoms with van der Waals surface area (Å²) in [6, 6.07) is 14.6. The second-order valence-corrected chi connectivity index (χ2v) is 9.81. The van der Waals surface area contributed by atoms with Gasteiger partial charge in [-0.1, -0.05) is 30.3 Å². The topological polar surface area (TPSA) is 42.6 Å². The van der Waals surface area contributed by atoms with Crippen LogP contribution in [0, 0.1) is 5.41 Å². The van der Waals surface area contributed by atoms with Crippen LogP contribution in [0.1, 0.15) is 52.0 Å². The molecule has 0 unspecified atom stereocenters. The molecule has 0 bridgehead atoms. The highest BCUT2D eigenvalue weighted by molar-refractivity contribution is 5.68. The number of benzene rings is 1. The lowest BCUT2D eigenvalue weighted by atomic mass is 9.61. The number of piperidine rings is 1. The number of carbonyl (C=O) groups excluding carboxylic acids is 1. The van der Waals surface area contributed by atoms with E-state index >= 15 is 0 Å². The highest BCUT2D eigenvalue weighted by Gasteiger charge is 2.48. The maximum Gasteiger partial charge on any atom is 0.410 e. The quantitative estimate of drug-likeness (QED) is 0.694. The average Bonchev–Trinajstić information content (AvgIpc) is 2.68. The highest BCUT2D eigenvalue weighted by atomic mass is 16.6. The first kappa shape index (κ1) is 20.7. The highest BCUT2D eigenvalue weighted by Crippen LogP contribution is 2.50. The van der Waals surface area contributed by atoms with Gasteiger partial charge < -0.3 is 14.4 Å². The second kappa shape index (κ2) is 8.29. The fraction of sp³-hybridized carbons (Fsp3) is 0.520. The van der Waals surface area contributed by atoms with Crippen molar-refractivity contribution in [1.82, 2.24) is 4.90 Å². The van der Waals surface area contributed by atoms with Crippen LogP contribution in [0.5, 0.6) is 5.75 Å². The summed E-state index contributed by atoms with van der Waals surface area (Å²) in [7, 11) is 0. The normalized spacial score (nSPS) is 18.7. The van der Waals surface area contributed by atoms with Gasteiger partial charge in [0.25, 0.3) is 0 Å². The van der Waals surface area contributed by atoms with Gasteiger partial charge in [0.2, 0.25) is 0 Å². The summed E-state index contributed by atoms with van der Waals surface area (Å²) in [5, 5.41) is 0. The van der Waals surface area contributed by atoms with Crippen LogP contribution in [0.25, 0.3) is 0 Å². The molecule has 0 radical (unpaired) electrons. The molecular formula is C25H33N2O3+. The van der Waals surface area contributed by atoms with Crippen LogP contribution in [-0.4, -0.2) is 35.8 Å². The molecule has 1 amide bonds. The zero-order valence-electron chi connectivity index (χ0n) is 18.3. The van der Waals surface area contributed by atoms with Gasteiger partial charge in [-0.2, -0.15) is 0 Å². The minimum absolute atomic E-state index is 0.183. The predicted molar refractivity (Wildman–Crippen MR) is 115 cm³/mol. The third-order valence-electron chi connectivity index (χ3n) is 6.17. The number of pyridine rings is 1. The number of carbonyl (C=O) groups is 1. The van der Waals surface area contributed by atoms with E-state index in [1.165, 1.54) is 5.56 Å². The van der Waals surface area contributed by atoms with Crippen LogP contribution in [0.3, 0.4) is 0 Å². The molecule has 0 atom stereocenters. The van der Waals surface area contributed by atoms with Crippen molar-refractivity contribution < 1.29 is 18.8 Å². The SMILES string of the molecule is CC(C)(C)OC(=O)N1CCC2(CC1)CC(Oc1cc[n+](Cc3ccccc3)cc1)C2. The van der Waals surface area contributed by atoms with Crippen LogP contribution in [-0.2, 0) is 11.3 Å². The Hall–Kier alpha value is -2.56. The van der Waals surface area contributed by atoms with Crippen molar-refractivity contribution in [2.45, 2.75) is 64.7 Å². The second-order valence-electron chi connectivity index (χ2n) is 9.81. The van der Waals surface area contributed by atoms with Gasteiger partial charge in [-0.3, -0.25) is 0 Å². The average molecular weight is 410 g/mol. The molecule has 1 aromatic heterocycles. The fourth-order valence-electron chi connectivity index (χ4n) is 4.50. The maximum absolute atomic E-state index is 12.3. The first-order valence-corrected chi connectivity index (χ1v) is 11.0. The molecule has 1 saturated heterocycles. The third kappa shape index (κ3) is 5.13. The summed E-state index contributed by atoms with van der Waals surface area (Å²) in [5.74, 6) is 0.936. The maximum atomic E-state index is 12.3. The summed E-state index contributed by atoms with van der Waals surface area (Å²) in [6.07, 6.45) is 8.49. The number of ether oxygens (including phenoxy) is 2. The molecule has 5 nitrogen and oxygen atoms in total. The molecule has 1 spiro atoms. The number of hydrogen-bond donors (Lipinski definition) is 0. The van der Waals surface area contributed by atoms with Gasteiger partial charge in [0, 0.05) is 30.8 Å². The van der Waals surface area contributed by atoms with Gasteiger partial charge in [0.05, 0.1) is 6.10 Å². The van der Waals surface area contributed by atoms with Gasteiger partial charge in [-0.15, -0.1) is 0 Å². The molecule has 4 rings (SSSR count). The molecule has 5 heteroatoms. The monoisotopic (exact) mass is 409 g/mol. The lowest BCUT2D eigenvalue weighted by molar-refractivity contribution is -0.688. The van der Waals surface area contributed by atoms with E-state index in [0.29, 0.717) is 5.41 Å². The van der Waals surface area contributed by atoms with Gasteiger partial charge >= 0.3 is 6.09 Å². The standard InChI is InChI=1S/C25H33N2O3/c1-24(2,3)30-23(28)27-15-11-25(12-16-27)17-22(18-25)29-21-9-13-26(14-10-21)19-20-7-5-4-6-8-20/h4-10,13-14,22H,11-12,15-19H2,1-3H3/q+1. The Labute approximate surface area is 179 Å². The van der Waals surface area contributed by atoms with Crippen molar-refractivity contribution in [3.8, 4) is 5.75 Å². The third-order valence-corrected chi connectivity index (χ3v) is 6.17. The molecule has 2 aliphatic rings. The van der Waals surface area contributed by atoms with Gasteiger partial charge in [-0.05, 0) is 51.9 Å². The molecule has 0 N–H and O–H groups in total. The Morgan fingerprint density at radius 3 is 2.30 bits per heavy atom. The van der Waals surface area contributed by atoms with E-state index in [1.807, 2.05) is 31.7 Å². The van der Waals surface area contributed by atoms with Crippen molar-refractivity contribution in [3.63, 3.8) is 0 Å². The number of amides is 1. The Morgan fingerprint density at radius 2 is 1.70 bits per heavy atom. The Balaban J connectivity index is 1.22. The smallest absolute Gasteiger partial charge is 0.410 e. The van der Waals surface area contributed by atoms with Crippen LogP contribution in [0.2, 0.25) is 0 Å². The first-order chi connectivity index (χ1) is 14.3. The fourth-order valence-corrected chi connectivity index (χ4v) is 4.50. The van der Waals surface area contributed by atoms with Crippen molar-refractivity contribution in [3.05, 3.63) is 60.4 Å². The molecular weight excluding hydrogens is 376 g/mol. The van der Waals surface area contributed by atoms with Gasteiger partial charge in [0.15, 0.2) is 18.9 Å². The van der Waals surface area contributed by atoms with Crippen LogP contribution < -0.4 is 9.30 Å². The minimum Gasteiger partial charge on any atom is -0.490 e. The number of likely N-dealkylation sites (tertiary alicyclic amines) is 1. The lowest BCUT2D eigenvalue weighted by Gasteiger charge is -2.51. The molecule has 2 heterocycles. The van der Waals surface area contributed by atoms with E-state index < -0.39 is 5.60 Å². The molecule has 2 fully saturated rings. The van der Waals surface area contributed by atoms with E-state index in [9.17, 15) is 4.79 Å². The lowest BCUT2D eigenvalue weighted by Crippen LogP contribution is -2.52. The zero-order valence-corrected chi connectivity index (χ0v) is 18.3. The Bertz CT molecular complexity index is 842.